The highest BCUT2D eigenvalue weighted by Crippen LogP contribution is 2.08. The number of hydrogen-bond acceptors (Lipinski definition) is 5. The van der Waals surface area contributed by atoms with Crippen LogP contribution in [0.3, 0.4) is 0 Å². The van der Waals surface area contributed by atoms with Gasteiger partial charge in [-0.05, 0) is 60.7 Å². The van der Waals surface area contributed by atoms with E-state index in [9.17, 15) is 0 Å². The van der Waals surface area contributed by atoms with Gasteiger partial charge in [0.1, 0.15) is 0 Å². The Morgan fingerprint density at radius 1 is 0.700 bits per heavy atom. The van der Waals surface area contributed by atoms with Gasteiger partial charge in [-0.25, -0.2) is 0 Å². The molecule has 0 atom stereocenters. The molecule has 120 valence electrons. The molecule has 20 heavy (non-hydrogen) atoms. The van der Waals surface area contributed by atoms with Crippen molar-refractivity contribution in [1.82, 2.24) is 24.5 Å². The van der Waals surface area contributed by atoms with Crippen LogP contribution in [-0.2, 0) is 0 Å². The van der Waals surface area contributed by atoms with Crippen molar-refractivity contribution >= 4 is 0 Å². The van der Waals surface area contributed by atoms with Gasteiger partial charge in [-0.1, -0.05) is 6.92 Å². The second-order valence-corrected chi connectivity index (χ2v) is 6.51. The summed E-state index contributed by atoms with van der Waals surface area (Å²) in [7, 11) is 8.62. The lowest BCUT2D eigenvalue weighted by atomic mass is 10.3. The van der Waals surface area contributed by atoms with Gasteiger partial charge in [0.05, 0.1) is 20.0 Å². The van der Waals surface area contributed by atoms with Crippen molar-refractivity contribution in [1.29, 1.82) is 0 Å². The molecule has 0 amide bonds. The minimum absolute atomic E-state index is 1.13. The molecule has 0 aromatic heterocycles. The summed E-state index contributed by atoms with van der Waals surface area (Å²) >= 11 is 0. The van der Waals surface area contributed by atoms with Gasteiger partial charge >= 0.3 is 0 Å². The van der Waals surface area contributed by atoms with Gasteiger partial charge in [-0.3, -0.25) is 14.7 Å². The van der Waals surface area contributed by atoms with Crippen molar-refractivity contribution in [3.8, 4) is 0 Å². The zero-order valence-corrected chi connectivity index (χ0v) is 14.3. The molecule has 0 aromatic carbocycles. The summed E-state index contributed by atoms with van der Waals surface area (Å²) in [5, 5.41) is 0. The molecule has 1 saturated heterocycles. The van der Waals surface area contributed by atoms with Gasteiger partial charge in [0.25, 0.3) is 0 Å². The molecule has 1 fully saturated rings. The van der Waals surface area contributed by atoms with E-state index in [0.29, 0.717) is 0 Å². The summed E-state index contributed by atoms with van der Waals surface area (Å²) in [6.45, 7) is 11.6. The topological polar surface area (TPSA) is 16.2 Å². The quantitative estimate of drug-likeness (QED) is 0.618. The van der Waals surface area contributed by atoms with Gasteiger partial charge in [-0.15, -0.1) is 0 Å². The normalized spacial score (nSPS) is 19.4. The molecule has 1 aliphatic rings. The third-order valence-corrected chi connectivity index (χ3v) is 3.81. The fraction of sp³-hybridized carbons (Fsp3) is 1.00. The molecular weight excluding hydrogens is 250 g/mol. The van der Waals surface area contributed by atoms with Crippen molar-refractivity contribution in [2.45, 2.75) is 19.8 Å². The Hall–Kier alpha value is -0.200. The average molecular weight is 285 g/mol. The molecule has 0 aromatic rings. The fourth-order valence-electron chi connectivity index (χ4n) is 2.69. The summed E-state index contributed by atoms with van der Waals surface area (Å²) in [6.07, 6.45) is 2.52. The standard InChI is InChI=1S/C15H35N5/c1-6-18-13-19(11-7-9-16(2)3)15-20(14-18)12-8-10-17(4)5/h6-15H2,1-5H3. The second-order valence-electron chi connectivity index (χ2n) is 6.51. The van der Waals surface area contributed by atoms with Gasteiger partial charge in [0.15, 0.2) is 0 Å². The Kier molecular flexibility index (Phi) is 8.64. The predicted molar refractivity (Wildman–Crippen MR) is 86.7 cm³/mol. The first-order chi connectivity index (χ1) is 9.51. The van der Waals surface area contributed by atoms with Crippen molar-refractivity contribution < 1.29 is 0 Å². The Balaban J connectivity index is 2.31. The third kappa shape index (κ3) is 7.55. The lowest BCUT2D eigenvalue weighted by molar-refractivity contribution is -0.0285. The van der Waals surface area contributed by atoms with E-state index in [0.717, 1.165) is 26.6 Å². The largest absolute Gasteiger partial charge is 0.309 e. The molecule has 0 spiro atoms. The first-order valence-corrected chi connectivity index (χ1v) is 7.97. The van der Waals surface area contributed by atoms with Crippen LogP contribution in [0.25, 0.3) is 0 Å². The maximum atomic E-state index is 2.59. The fourth-order valence-corrected chi connectivity index (χ4v) is 2.69. The van der Waals surface area contributed by atoms with E-state index in [-0.39, 0.29) is 0 Å². The van der Waals surface area contributed by atoms with Gasteiger partial charge < -0.3 is 9.80 Å². The zero-order valence-electron chi connectivity index (χ0n) is 14.3. The molecular formula is C15H35N5. The number of rotatable bonds is 9. The minimum atomic E-state index is 1.13. The van der Waals surface area contributed by atoms with E-state index in [1.54, 1.807) is 0 Å². The Labute approximate surface area is 126 Å². The highest BCUT2D eigenvalue weighted by atomic mass is 15.5. The van der Waals surface area contributed by atoms with E-state index in [1.165, 1.54) is 39.0 Å². The van der Waals surface area contributed by atoms with Gasteiger partial charge in [0.2, 0.25) is 0 Å². The summed E-state index contributed by atoms with van der Waals surface area (Å²) in [5.74, 6) is 0. The summed E-state index contributed by atoms with van der Waals surface area (Å²) in [6, 6.07) is 0. The maximum Gasteiger partial charge on any atom is 0.0530 e. The SMILES string of the molecule is CCN1CN(CCCN(C)C)CN(CCCN(C)C)C1. The molecule has 1 aliphatic heterocycles. The molecule has 0 radical (unpaired) electrons. The molecule has 5 nitrogen and oxygen atoms in total. The van der Waals surface area contributed by atoms with Crippen molar-refractivity contribution in [2.75, 3.05) is 80.9 Å². The van der Waals surface area contributed by atoms with Crippen LogP contribution in [-0.4, -0.2) is 105 Å². The first-order valence-electron chi connectivity index (χ1n) is 7.97. The van der Waals surface area contributed by atoms with E-state index < -0.39 is 0 Å². The second kappa shape index (κ2) is 9.68. The van der Waals surface area contributed by atoms with Crippen molar-refractivity contribution in [2.24, 2.45) is 0 Å². The monoisotopic (exact) mass is 285 g/mol. The van der Waals surface area contributed by atoms with Crippen LogP contribution in [0.15, 0.2) is 0 Å². The molecule has 0 unspecified atom stereocenters. The van der Waals surface area contributed by atoms with E-state index in [1.807, 2.05) is 0 Å². The van der Waals surface area contributed by atoms with Crippen LogP contribution in [0.1, 0.15) is 19.8 Å². The Bertz CT molecular complexity index is 222. The minimum Gasteiger partial charge on any atom is -0.309 e. The van der Waals surface area contributed by atoms with E-state index in [4.69, 9.17) is 0 Å². The lowest BCUT2D eigenvalue weighted by Gasteiger charge is -2.42. The van der Waals surface area contributed by atoms with Crippen LogP contribution in [0.5, 0.6) is 0 Å². The lowest BCUT2D eigenvalue weighted by Crippen LogP contribution is -2.55. The molecule has 1 heterocycles. The summed E-state index contributed by atoms with van der Waals surface area (Å²) < 4.78 is 0. The van der Waals surface area contributed by atoms with E-state index in [2.05, 4.69) is 59.6 Å². The number of nitrogens with zero attached hydrogens (tertiary/aromatic N) is 5. The smallest absolute Gasteiger partial charge is 0.0530 e. The summed E-state index contributed by atoms with van der Waals surface area (Å²) in [5.41, 5.74) is 0. The molecule has 0 N–H and O–H groups in total. The predicted octanol–water partition coefficient (Wildman–Crippen LogP) is 0.702. The highest BCUT2D eigenvalue weighted by Gasteiger charge is 2.21. The Morgan fingerprint density at radius 2 is 1.10 bits per heavy atom. The number of hydrogen-bond donors (Lipinski definition) is 0. The molecule has 5 heteroatoms. The van der Waals surface area contributed by atoms with Gasteiger partial charge in [0, 0.05) is 13.1 Å². The molecule has 0 aliphatic carbocycles. The van der Waals surface area contributed by atoms with Crippen LogP contribution < -0.4 is 0 Å². The zero-order chi connectivity index (χ0) is 15.0. The average Bonchev–Trinajstić information content (AvgIpc) is 2.37. The van der Waals surface area contributed by atoms with Crippen LogP contribution in [0.2, 0.25) is 0 Å². The van der Waals surface area contributed by atoms with Crippen molar-refractivity contribution in [3.05, 3.63) is 0 Å². The molecule has 0 bridgehead atoms. The molecule has 0 saturated carbocycles. The van der Waals surface area contributed by atoms with Crippen LogP contribution in [0, 0.1) is 0 Å². The third-order valence-electron chi connectivity index (χ3n) is 3.81. The Morgan fingerprint density at radius 3 is 1.45 bits per heavy atom. The maximum absolute atomic E-state index is 2.59. The van der Waals surface area contributed by atoms with Crippen LogP contribution >= 0.6 is 0 Å². The first kappa shape index (κ1) is 17.9. The van der Waals surface area contributed by atoms with Crippen LogP contribution in [0.4, 0.5) is 0 Å². The van der Waals surface area contributed by atoms with Gasteiger partial charge in [-0.2, -0.15) is 0 Å². The molecule has 1 rings (SSSR count). The highest BCUT2D eigenvalue weighted by molar-refractivity contribution is 4.69. The van der Waals surface area contributed by atoms with Crippen molar-refractivity contribution in [3.63, 3.8) is 0 Å². The van der Waals surface area contributed by atoms with E-state index >= 15 is 0 Å². The summed E-state index contributed by atoms with van der Waals surface area (Å²) in [4.78, 5) is 12.3.